The highest BCUT2D eigenvalue weighted by Gasteiger charge is 2.17. The second-order valence-corrected chi connectivity index (χ2v) is 6.83. The molecule has 4 nitrogen and oxygen atoms in total. The molecule has 0 atom stereocenters. The zero-order valence-electron chi connectivity index (χ0n) is 15.2. The van der Waals surface area contributed by atoms with Crippen LogP contribution in [0, 0.1) is 12.8 Å². The van der Waals surface area contributed by atoms with Gasteiger partial charge in [0, 0.05) is 24.5 Å². The van der Waals surface area contributed by atoms with Crippen molar-refractivity contribution in [2.24, 2.45) is 5.92 Å². The molecule has 132 valence electrons. The van der Waals surface area contributed by atoms with Gasteiger partial charge in [0.15, 0.2) is 0 Å². The summed E-state index contributed by atoms with van der Waals surface area (Å²) >= 11 is 0. The Hall–Kier alpha value is -2.49. The fourth-order valence-corrected chi connectivity index (χ4v) is 3.32. The minimum Gasteiger partial charge on any atom is -0.496 e. The Morgan fingerprint density at radius 3 is 2.44 bits per heavy atom. The van der Waals surface area contributed by atoms with E-state index >= 15 is 0 Å². The number of carbonyl (C=O) groups excluding carboxylic acids is 1. The van der Waals surface area contributed by atoms with Gasteiger partial charge in [-0.05, 0) is 61.6 Å². The van der Waals surface area contributed by atoms with Crippen molar-refractivity contribution in [2.45, 2.75) is 26.7 Å². The van der Waals surface area contributed by atoms with Crippen molar-refractivity contribution < 1.29 is 9.53 Å². The maximum absolute atomic E-state index is 12.6. The number of aryl methyl sites for hydroxylation is 1. The number of nitrogens with zero attached hydrogens (tertiary/aromatic N) is 1. The quantitative estimate of drug-likeness (QED) is 0.893. The van der Waals surface area contributed by atoms with Gasteiger partial charge in [0.1, 0.15) is 5.75 Å². The first-order valence-corrected chi connectivity index (χ1v) is 8.88. The standard InChI is InChI=1S/C21H26N2O2/c1-15-11-13-23(14-12-15)18-9-7-17(8-10-18)22-21(24)19-6-4-5-16(2)20(19)25-3/h4-10,15H,11-14H2,1-3H3,(H,22,24). The number of benzene rings is 2. The molecule has 0 spiro atoms. The molecule has 2 aromatic carbocycles. The van der Waals surface area contributed by atoms with Crippen LogP contribution in [0.4, 0.5) is 11.4 Å². The van der Waals surface area contributed by atoms with E-state index in [2.05, 4.69) is 29.3 Å². The second-order valence-electron chi connectivity index (χ2n) is 6.83. The smallest absolute Gasteiger partial charge is 0.259 e. The van der Waals surface area contributed by atoms with E-state index in [0.29, 0.717) is 11.3 Å². The summed E-state index contributed by atoms with van der Waals surface area (Å²) in [6.45, 7) is 6.46. The summed E-state index contributed by atoms with van der Waals surface area (Å²) < 4.78 is 5.37. The molecule has 1 amide bonds. The second kappa shape index (κ2) is 7.60. The van der Waals surface area contributed by atoms with Gasteiger partial charge in [-0.15, -0.1) is 0 Å². The fourth-order valence-electron chi connectivity index (χ4n) is 3.32. The molecule has 2 aromatic rings. The summed E-state index contributed by atoms with van der Waals surface area (Å²) in [5.41, 5.74) is 3.52. The van der Waals surface area contributed by atoms with Crippen LogP contribution in [0.3, 0.4) is 0 Å². The highest BCUT2D eigenvalue weighted by molar-refractivity contribution is 6.06. The predicted octanol–water partition coefficient (Wildman–Crippen LogP) is 4.49. The topological polar surface area (TPSA) is 41.6 Å². The lowest BCUT2D eigenvalue weighted by Gasteiger charge is -2.32. The summed E-state index contributed by atoms with van der Waals surface area (Å²) in [5.74, 6) is 1.29. The summed E-state index contributed by atoms with van der Waals surface area (Å²) in [5, 5.41) is 2.96. The number of anilines is 2. The number of piperidine rings is 1. The van der Waals surface area contributed by atoms with Crippen molar-refractivity contribution in [3.8, 4) is 5.75 Å². The molecule has 1 fully saturated rings. The summed E-state index contributed by atoms with van der Waals surface area (Å²) in [6, 6.07) is 13.7. The lowest BCUT2D eigenvalue weighted by molar-refractivity contribution is 0.102. The molecule has 0 saturated carbocycles. The van der Waals surface area contributed by atoms with E-state index in [0.717, 1.165) is 30.3 Å². The highest BCUT2D eigenvalue weighted by Crippen LogP contribution is 2.26. The van der Waals surface area contributed by atoms with Crippen molar-refractivity contribution in [1.82, 2.24) is 0 Å². The lowest BCUT2D eigenvalue weighted by atomic mass is 9.99. The van der Waals surface area contributed by atoms with E-state index < -0.39 is 0 Å². The van der Waals surface area contributed by atoms with Crippen LogP contribution in [0.1, 0.15) is 35.7 Å². The number of nitrogens with one attached hydrogen (secondary N) is 1. The van der Waals surface area contributed by atoms with Crippen LogP contribution in [0.2, 0.25) is 0 Å². The molecule has 0 radical (unpaired) electrons. The molecular formula is C21H26N2O2. The molecule has 0 aromatic heterocycles. The third-order valence-corrected chi connectivity index (χ3v) is 4.93. The van der Waals surface area contributed by atoms with E-state index in [4.69, 9.17) is 4.74 Å². The first-order chi connectivity index (χ1) is 12.1. The molecule has 0 unspecified atom stereocenters. The first kappa shape index (κ1) is 17.3. The molecule has 1 aliphatic heterocycles. The SMILES string of the molecule is COc1c(C)cccc1C(=O)Nc1ccc(N2CCC(C)CC2)cc1. The van der Waals surface area contributed by atoms with Gasteiger partial charge >= 0.3 is 0 Å². The van der Waals surface area contributed by atoms with Crippen molar-refractivity contribution in [2.75, 3.05) is 30.4 Å². The Labute approximate surface area is 149 Å². The van der Waals surface area contributed by atoms with E-state index in [1.807, 2.05) is 31.2 Å². The van der Waals surface area contributed by atoms with Gasteiger partial charge in [-0.25, -0.2) is 0 Å². The molecule has 25 heavy (non-hydrogen) atoms. The zero-order valence-corrected chi connectivity index (χ0v) is 15.2. The molecule has 1 aliphatic rings. The van der Waals surface area contributed by atoms with E-state index in [-0.39, 0.29) is 5.91 Å². The van der Waals surface area contributed by atoms with E-state index in [1.54, 1.807) is 13.2 Å². The Morgan fingerprint density at radius 2 is 1.80 bits per heavy atom. The average Bonchev–Trinajstić information content (AvgIpc) is 2.63. The maximum atomic E-state index is 12.6. The maximum Gasteiger partial charge on any atom is 0.259 e. The molecule has 0 aliphatic carbocycles. The minimum atomic E-state index is -0.153. The minimum absolute atomic E-state index is 0.153. The van der Waals surface area contributed by atoms with Gasteiger partial charge in [-0.1, -0.05) is 19.1 Å². The number of para-hydroxylation sites is 1. The molecular weight excluding hydrogens is 312 g/mol. The lowest BCUT2D eigenvalue weighted by Crippen LogP contribution is -2.32. The molecule has 0 bridgehead atoms. The number of amides is 1. The Bertz CT molecular complexity index is 732. The Balaban J connectivity index is 1.69. The van der Waals surface area contributed by atoms with Crippen LogP contribution in [0.5, 0.6) is 5.75 Å². The molecule has 1 N–H and O–H groups in total. The summed E-state index contributed by atoms with van der Waals surface area (Å²) in [6.07, 6.45) is 2.48. The zero-order chi connectivity index (χ0) is 17.8. The summed E-state index contributed by atoms with van der Waals surface area (Å²) in [4.78, 5) is 15.0. The van der Waals surface area contributed by atoms with Crippen LogP contribution in [-0.4, -0.2) is 26.1 Å². The monoisotopic (exact) mass is 338 g/mol. The molecule has 3 rings (SSSR count). The largest absolute Gasteiger partial charge is 0.496 e. The summed E-state index contributed by atoms with van der Waals surface area (Å²) in [7, 11) is 1.59. The van der Waals surface area contributed by atoms with Crippen molar-refractivity contribution in [3.63, 3.8) is 0 Å². The third kappa shape index (κ3) is 3.95. The first-order valence-electron chi connectivity index (χ1n) is 8.88. The predicted molar refractivity (Wildman–Crippen MR) is 103 cm³/mol. The third-order valence-electron chi connectivity index (χ3n) is 4.93. The van der Waals surface area contributed by atoms with Crippen LogP contribution in [-0.2, 0) is 0 Å². The van der Waals surface area contributed by atoms with Gasteiger partial charge in [0.2, 0.25) is 0 Å². The molecule has 4 heteroatoms. The van der Waals surface area contributed by atoms with E-state index in [1.165, 1.54) is 18.5 Å². The molecule has 1 saturated heterocycles. The van der Waals surface area contributed by atoms with Crippen LogP contribution in [0.25, 0.3) is 0 Å². The van der Waals surface area contributed by atoms with Gasteiger partial charge < -0.3 is 15.0 Å². The van der Waals surface area contributed by atoms with Crippen LogP contribution >= 0.6 is 0 Å². The fraction of sp³-hybridized carbons (Fsp3) is 0.381. The van der Waals surface area contributed by atoms with Crippen molar-refractivity contribution in [3.05, 3.63) is 53.6 Å². The average molecular weight is 338 g/mol. The number of rotatable bonds is 4. The van der Waals surface area contributed by atoms with E-state index in [9.17, 15) is 4.79 Å². The molecule has 1 heterocycles. The normalized spacial score (nSPS) is 15.1. The number of carbonyl (C=O) groups is 1. The van der Waals surface area contributed by atoms with Crippen molar-refractivity contribution in [1.29, 1.82) is 0 Å². The van der Waals surface area contributed by atoms with Crippen LogP contribution in [0.15, 0.2) is 42.5 Å². The van der Waals surface area contributed by atoms with Crippen LogP contribution < -0.4 is 15.0 Å². The number of methoxy groups -OCH3 is 1. The number of ether oxygens (including phenoxy) is 1. The highest BCUT2D eigenvalue weighted by atomic mass is 16.5. The number of hydrogen-bond acceptors (Lipinski definition) is 3. The van der Waals surface area contributed by atoms with Gasteiger partial charge in [-0.3, -0.25) is 4.79 Å². The van der Waals surface area contributed by atoms with Gasteiger partial charge in [-0.2, -0.15) is 0 Å². The number of hydrogen-bond donors (Lipinski definition) is 1. The Kier molecular flexibility index (Phi) is 5.27. The van der Waals surface area contributed by atoms with Gasteiger partial charge in [0.05, 0.1) is 12.7 Å². The van der Waals surface area contributed by atoms with Gasteiger partial charge in [0.25, 0.3) is 5.91 Å². The Morgan fingerprint density at radius 1 is 1.12 bits per heavy atom. The van der Waals surface area contributed by atoms with Crippen molar-refractivity contribution >= 4 is 17.3 Å².